The minimum Gasteiger partial charge on any atom is -0.496 e. The van der Waals surface area contributed by atoms with Gasteiger partial charge in [0, 0.05) is 13.1 Å². The van der Waals surface area contributed by atoms with Crippen LogP contribution in [0.15, 0.2) is 59.1 Å². The number of amides is 1. The summed E-state index contributed by atoms with van der Waals surface area (Å²) in [7, 11) is 3.28. The summed E-state index contributed by atoms with van der Waals surface area (Å²) < 4.78 is 22.3. The van der Waals surface area contributed by atoms with Crippen molar-refractivity contribution in [1.82, 2.24) is 10.1 Å². The zero-order chi connectivity index (χ0) is 19.5. The average molecular weight is 380 g/mol. The van der Waals surface area contributed by atoms with Gasteiger partial charge in [-0.15, -0.1) is 0 Å². The van der Waals surface area contributed by atoms with E-state index in [-0.39, 0.29) is 17.7 Å². The Kier molecular flexibility index (Phi) is 4.89. The fourth-order valence-corrected chi connectivity index (χ4v) is 3.09. The van der Waals surface area contributed by atoms with Crippen LogP contribution in [0.4, 0.5) is 0 Å². The van der Waals surface area contributed by atoms with E-state index in [1.807, 2.05) is 48.5 Å². The van der Waals surface area contributed by atoms with Gasteiger partial charge in [0.2, 0.25) is 0 Å². The number of carbonyl (C=O) groups excluding carboxylic acids is 1. The van der Waals surface area contributed by atoms with Crippen LogP contribution < -0.4 is 14.2 Å². The first-order valence-corrected chi connectivity index (χ1v) is 8.90. The number of nitrogens with zero attached hydrogens (tertiary/aromatic N) is 2. The molecule has 144 valence electrons. The fourth-order valence-electron chi connectivity index (χ4n) is 3.09. The second-order valence-electron chi connectivity index (χ2n) is 6.46. The zero-order valence-electron chi connectivity index (χ0n) is 15.6. The first-order chi connectivity index (χ1) is 13.7. The highest BCUT2D eigenvalue weighted by Gasteiger charge is 2.26. The maximum Gasteiger partial charge on any atom is 0.275 e. The lowest BCUT2D eigenvalue weighted by atomic mass is 10.1. The fraction of sp³-hybridized carbons (Fsp3) is 0.238. The molecule has 1 amide bonds. The zero-order valence-corrected chi connectivity index (χ0v) is 15.6. The van der Waals surface area contributed by atoms with E-state index in [1.54, 1.807) is 25.1 Å². The van der Waals surface area contributed by atoms with E-state index >= 15 is 0 Å². The second-order valence-corrected chi connectivity index (χ2v) is 6.46. The van der Waals surface area contributed by atoms with Crippen LogP contribution in [0, 0.1) is 0 Å². The molecule has 0 spiro atoms. The monoisotopic (exact) mass is 380 g/mol. The Morgan fingerprint density at radius 1 is 1.18 bits per heavy atom. The Morgan fingerprint density at radius 3 is 2.75 bits per heavy atom. The molecule has 7 heteroatoms. The van der Waals surface area contributed by atoms with E-state index < -0.39 is 0 Å². The maximum absolute atomic E-state index is 12.7. The van der Waals surface area contributed by atoms with Crippen LogP contribution in [0.5, 0.6) is 17.2 Å². The first kappa shape index (κ1) is 17.9. The highest BCUT2D eigenvalue weighted by molar-refractivity contribution is 5.93. The number of methoxy groups -OCH3 is 1. The van der Waals surface area contributed by atoms with Crippen LogP contribution in [-0.4, -0.2) is 49.4 Å². The predicted octanol–water partition coefficient (Wildman–Crippen LogP) is 3.26. The highest BCUT2D eigenvalue weighted by Crippen LogP contribution is 2.32. The number of benzene rings is 2. The topological polar surface area (TPSA) is 74.0 Å². The number of aromatic nitrogens is 1. The van der Waals surface area contributed by atoms with Gasteiger partial charge in [-0.3, -0.25) is 4.79 Å². The minimum absolute atomic E-state index is 0.223. The van der Waals surface area contributed by atoms with Crippen molar-refractivity contribution in [2.75, 3.05) is 27.3 Å². The summed E-state index contributed by atoms with van der Waals surface area (Å²) in [5.74, 6) is 2.26. The van der Waals surface area contributed by atoms with E-state index in [9.17, 15) is 4.79 Å². The van der Waals surface area contributed by atoms with Gasteiger partial charge in [0.25, 0.3) is 5.91 Å². The third kappa shape index (κ3) is 3.51. The molecule has 2 aromatic carbocycles. The van der Waals surface area contributed by atoms with Crippen molar-refractivity contribution in [3.05, 3.63) is 60.3 Å². The average Bonchev–Trinajstić information content (AvgIpc) is 3.23. The van der Waals surface area contributed by atoms with Gasteiger partial charge in [0.15, 0.2) is 29.1 Å². The first-order valence-electron chi connectivity index (χ1n) is 8.90. The summed E-state index contributed by atoms with van der Waals surface area (Å²) in [6.07, 6.45) is -0.260. The summed E-state index contributed by atoms with van der Waals surface area (Å²) in [5.41, 5.74) is 0.959. The molecule has 0 unspecified atom stereocenters. The van der Waals surface area contributed by atoms with Crippen molar-refractivity contribution < 1.29 is 23.5 Å². The Morgan fingerprint density at radius 2 is 1.93 bits per heavy atom. The van der Waals surface area contributed by atoms with E-state index in [1.165, 1.54) is 0 Å². The molecule has 0 saturated carbocycles. The summed E-state index contributed by atoms with van der Waals surface area (Å²) in [4.78, 5) is 14.3. The number of carbonyl (C=O) groups is 1. The van der Waals surface area contributed by atoms with Crippen LogP contribution in [0.25, 0.3) is 11.3 Å². The largest absolute Gasteiger partial charge is 0.496 e. The number of fused-ring (bicyclic) bond motifs is 1. The lowest BCUT2D eigenvalue weighted by Crippen LogP contribution is -2.41. The molecule has 7 nitrogen and oxygen atoms in total. The molecule has 0 fully saturated rings. The summed E-state index contributed by atoms with van der Waals surface area (Å²) >= 11 is 0. The molecule has 3 aromatic rings. The number of ether oxygens (including phenoxy) is 3. The van der Waals surface area contributed by atoms with E-state index in [0.29, 0.717) is 36.2 Å². The number of hydrogen-bond donors (Lipinski definition) is 0. The molecule has 1 aromatic heterocycles. The van der Waals surface area contributed by atoms with Crippen molar-refractivity contribution in [3.63, 3.8) is 0 Å². The van der Waals surface area contributed by atoms with Crippen LogP contribution in [0.3, 0.4) is 0 Å². The molecule has 2 heterocycles. The third-order valence-corrected chi connectivity index (χ3v) is 4.49. The van der Waals surface area contributed by atoms with E-state index in [4.69, 9.17) is 18.7 Å². The quantitative estimate of drug-likeness (QED) is 0.676. The van der Waals surface area contributed by atoms with Gasteiger partial charge in [-0.05, 0) is 24.3 Å². The molecule has 28 heavy (non-hydrogen) atoms. The number of rotatable bonds is 5. The molecule has 0 bridgehead atoms. The number of para-hydroxylation sites is 3. The SMILES string of the molecule is COc1ccccc1-c1cc(C(=O)N(C)C[C@@H]2COc3ccccc3O2)no1. The lowest BCUT2D eigenvalue weighted by Gasteiger charge is -2.29. The summed E-state index contributed by atoms with van der Waals surface area (Å²) in [5, 5.41) is 3.92. The highest BCUT2D eigenvalue weighted by atomic mass is 16.6. The molecular formula is C21H20N2O5. The van der Waals surface area contributed by atoms with Gasteiger partial charge in [-0.25, -0.2) is 0 Å². The van der Waals surface area contributed by atoms with Crippen molar-refractivity contribution in [1.29, 1.82) is 0 Å². The molecule has 4 rings (SSSR count). The Balaban J connectivity index is 1.44. The lowest BCUT2D eigenvalue weighted by molar-refractivity contribution is 0.0515. The van der Waals surface area contributed by atoms with Gasteiger partial charge in [0.05, 0.1) is 19.2 Å². The molecule has 1 atom stereocenters. The maximum atomic E-state index is 12.7. The van der Waals surface area contributed by atoms with Gasteiger partial charge >= 0.3 is 0 Å². The van der Waals surface area contributed by atoms with Crippen LogP contribution in [0.2, 0.25) is 0 Å². The standard InChI is InChI=1S/C21H20N2O5/c1-23(12-14-13-26-18-9-5-6-10-19(18)27-14)21(24)16-11-20(28-22-16)15-7-3-4-8-17(15)25-2/h3-11,14H,12-13H2,1-2H3/t14-/m1/s1. The molecule has 0 N–H and O–H groups in total. The van der Waals surface area contributed by atoms with Crippen molar-refractivity contribution in [2.45, 2.75) is 6.10 Å². The van der Waals surface area contributed by atoms with Crippen molar-refractivity contribution >= 4 is 5.91 Å². The Hall–Kier alpha value is -3.48. The Labute approximate surface area is 162 Å². The molecule has 1 aliphatic rings. The normalized spacial score (nSPS) is 15.1. The van der Waals surface area contributed by atoms with Crippen LogP contribution >= 0.6 is 0 Å². The molecule has 0 aliphatic carbocycles. The van der Waals surface area contributed by atoms with Crippen molar-refractivity contribution in [3.8, 4) is 28.6 Å². The molecule has 0 radical (unpaired) electrons. The molecule has 0 saturated heterocycles. The van der Waals surface area contributed by atoms with Gasteiger partial charge in [-0.1, -0.05) is 29.4 Å². The van der Waals surface area contributed by atoms with Crippen molar-refractivity contribution in [2.24, 2.45) is 0 Å². The second kappa shape index (κ2) is 7.64. The van der Waals surface area contributed by atoms with Crippen LogP contribution in [-0.2, 0) is 0 Å². The molecule has 1 aliphatic heterocycles. The third-order valence-electron chi connectivity index (χ3n) is 4.49. The molecular weight excluding hydrogens is 360 g/mol. The smallest absolute Gasteiger partial charge is 0.275 e. The van der Waals surface area contributed by atoms with Crippen LogP contribution in [0.1, 0.15) is 10.5 Å². The van der Waals surface area contributed by atoms with E-state index in [0.717, 1.165) is 5.56 Å². The van der Waals surface area contributed by atoms with E-state index in [2.05, 4.69) is 5.16 Å². The number of hydrogen-bond acceptors (Lipinski definition) is 6. The van der Waals surface area contributed by atoms with Gasteiger partial charge in [0.1, 0.15) is 12.4 Å². The Bertz CT molecular complexity index is 984. The van der Waals surface area contributed by atoms with Gasteiger partial charge < -0.3 is 23.6 Å². The predicted molar refractivity (Wildman–Crippen MR) is 102 cm³/mol. The minimum atomic E-state index is -0.260. The summed E-state index contributed by atoms with van der Waals surface area (Å²) in [6, 6.07) is 16.5. The number of likely N-dealkylation sites (N-methyl/N-ethyl adjacent to an activating group) is 1. The van der Waals surface area contributed by atoms with Gasteiger partial charge in [-0.2, -0.15) is 0 Å². The summed E-state index contributed by atoms with van der Waals surface area (Å²) in [6.45, 7) is 0.740.